The van der Waals surface area contributed by atoms with Gasteiger partial charge in [0.2, 0.25) is 0 Å². The van der Waals surface area contributed by atoms with Gasteiger partial charge in [-0.2, -0.15) is 8.78 Å². The van der Waals surface area contributed by atoms with E-state index in [1.165, 1.54) is 24.3 Å². The molecule has 13 heavy (non-hydrogen) atoms. The Balaban J connectivity index is 2.69. The van der Waals surface area contributed by atoms with Crippen molar-refractivity contribution >= 4 is 0 Å². The number of nitrogens with two attached hydrogens (primary N) is 1. The normalized spacial score (nSPS) is 11.6. The number of alkyl halides is 2. The molecule has 72 valence electrons. The minimum absolute atomic E-state index is 0.0857. The van der Waals surface area contributed by atoms with Gasteiger partial charge in [-0.05, 0) is 0 Å². The molecule has 1 aromatic rings. The summed E-state index contributed by atoms with van der Waals surface area (Å²) in [6.45, 7) is -0.0652. The predicted octanol–water partition coefficient (Wildman–Crippen LogP) is 1.71. The highest BCUT2D eigenvalue weighted by atomic mass is 19.3. The van der Waals surface area contributed by atoms with Gasteiger partial charge in [-0.3, -0.25) is 0 Å². The lowest BCUT2D eigenvalue weighted by atomic mass is 10.2. The number of ether oxygens (including phenoxy) is 1. The molecule has 0 bridgehead atoms. The van der Waals surface area contributed by atoms with Crippen LogP contribution in [-0.4, -0.2) is 13.2 Å². The van der Waals surface area contributed by atoms with Crippen LogP contribution in [0.5, 0.6) is 0 Å². The summed E-state index contributed by atoms with van der Waals surface area (Å²) in [6, 6.07) is 7.37. The van der Waals surface area contributed by atoms with E-state index in [0.29, 0.717) is 0 Å². The first-order chi connectivity index (χ1) is 6.17. The van der Waals surface area contributed by atoms with Gasteiger partial charge in [-0.15, -0.1) is 0 Å². The maximum atomic E-state index is 13.1. The van der Waals surface area contributed by atoms with E-state index in [1.807, 2.05) is 0 Å². The molecule has 0 radical (unpaired) electrons. The topological polar surface area (TPSA) is 35.2 Å². The summed E-state index contributed by atoms with van der Waals surface area (Å²) >= 11 is 0. The van der Waals surface area contributed by atoms with E-state index in [9.17, 15) is 8.78 Å². The highest BCUT2D eigenvalue weighted by Gasteiger charge is 2.31. The van der Waals surface area contributed by atoms with Crippen LogP contribution in [0.2, 0.25) is 0 Å². The SMILES string of the molecule is NCCOC(F)(F)c1ccccc1. The molecule has 0 atom stereocenters. The van der Waals surface area contributed by atoms with E-state index >= 15 is 0 Å². The van der Waals surface area contributed by atoms with Crippen LogP contribution in [-0.2, 0) is 10.8 Å². The summed E-state index contributed by atoms with van der Waals surface area (Å²) in [4.78, 5) is 0. The van der Waals surface area contributed by atoms with Crippen molar-refractivity contribution in [2.45, 2.75) is 6.11 Å². The summed E-state index contributed by atoms with van der Waals surface area (Å²) in [5.41, 5.74) is 4.91. The summed E-state index contributed by atoms with van der Waals surface area (Å²) in [6.07, 6.45) is -3.24. The molecule has 2 nitrogen and oxygen atoms in total. The molecule has 2 N–H and O–H groups in total. The molecule has 0 fully saturated rings. The van der Waals surface area contributed by atoms with Crippen molar-refractivity contribution in [3.8, 4) is 0 Å². The maximum absolute atomic E-state index is 13.1. The van der Waals surface area contributed by atoms with Gasteiger partial charge in [-0.1, -0.05) is 30.3 Å². The number of hydrogen-bond acceptors (Lipinski definition) is 2. The molecule has 0 aliphatic heterocycles. The molecular weight excluding hydrogens is 176 g/mol. The van der Waals surface area contributed by atoms with Gasteiger partial charge in [0.25, 0.3) is 0 Å². The van der Waals surface area contributed by atoms with Crippen molar-refractivity contribution in [1.82, 2.24) is 0 Å². The Hall–Kier alpha value is -1.00. The molecule has 4 heteroatoms. The third-order valence-electron chi connectivity index (χ3n) is 1.51. The third-order valence-corrected chi connectivity index (χ3v) is 1.51. The van der Waals surface area contributed by atoms with Gasteiger partial charge in [0.15, 0.2) is 0 Å². The average Bonchev–Trinajstić information content (AvgIpc) is 2.16. The second-order valence-electron chi connectivity index (χ2n) is 2.52. The minimum Gasteiger partial charge on any atom is -0.328 e. The van der Waals surface area contributed by atoms with Gasteiger partial charge >= 0.3 is 6.11 Å². The lowest BCUT2D eigenvalue weighted by Crippen LogP contribution is -2.22. The molecule has 0 spiro atoms. The van der Waals surface area contributed by atoms with Crippen LogP contribution in [0.25, 0.3) is 0 Å². The van der Waals surface area contributed by atoms with Gasteiger partial charge in [0.05, 0.1) is 12.2 Å². The van der Waals surface area contributed by atoms with E-state index in [-0.39, 0.29) is 18.7 Å². The van der Waals surface area contributed by atoms with Gasteiger partial charge in [0.1, 0.15) is 0 Å². The van der Waals surface area contributed by atoms with Gasteiger partial charge < -0.3 is 10.5 Å². The maximum Gasteiger partial charge on any atom is 0.383 e. The fourth-order valence-corrected chi connectivity index (χ4v) is 0.903. The molecule has 0 aliphatic carbocycles. The number of hydrogen-bond donors (Lipinski definition) is 1. The van der Waals surface area contributed by atoms with Crippen LogP contribution >= 0.6 is 0 Å². The molecule has 0 saturated carbocycles. The quantitative estimate of drug-likeness (QED) is 0.778. The monoisotopic (exact) mass is 187 g/mol. The van der Waals surface area contributed by atoms with Crippen molar-refractivity contribution in [1.29, 1.82) is 0 Å². The molecule has 0 unspecified atom stereocenters. The van der Waals surface area contributed by atoms with Crippen LogP contribution in [0.3, 0.4) is 0 Å². The first kappa shape index (κ1) is 10.1. The molecule has 1 rings (SSSR count). The van der Waals surface area contributed by atoms with Crippen molar-refractivity contribution < 1.29 is 13.5 Å². The Kier molecular flexibility index (Phi) is 3.33. The molecule has 0 saturated heterocycles. The Labute approximate surface area is 75.3 Å². The Morgan fingerprint density at radius 1 is 1.23 bits per heavy atom. The fourth-order valence-electron chi connectivity index (χ4n) is 0.903. The van der Waals surface area contributed by atoms with Crippen molar-refractivity contribution in [2.24, 2.45) is 5.73 Å². The zero-order chi connectivity index (χ0) is 9.73. The lowest BCUT2D eigenvalue weighted by molar-refractivity contribution is -0.246. The van der Waals surface area contributed by atoms with Crippen LogP contribution in [0.4, 0.5) is 8.78 Å². The van der Waals surface area contributed by atoms with Gasteiger partial charge in [0, 0.05) is 6.54 Å². The largest absolute Gasteiger partial charge is 0.383 e. The first-order valence-corrected chi connectivity index (χ1v) is 3.94. The molecule has 0 amide bonds. The van der Waals surface area contributed by atoms with Crippen LogP contribution < -0.4 is 5.73 Å². The molecule has 1 aromatic carbocycles. The zero-order valence-corrected chi connectivity index (χ0v) is 7.04. The second-order valence-corrected chi connectivity index (χ2v) is 2.52. The van der Waals surface area contributed by atoms with E-state index < -0.39 is 6.11 Å². The number of halogens is 2. The summed E-state index contributed by atoms with van der Waals surface area (Å²) in [7, 11) is 0. The molecular formula is C9H11F2NO. The standard InChI is InChI=1S/C9H11F2NO/c10-9(11,13-7-6-12)8-4-2-1-3-5-8/h1-5H,6-7,12H2. The Bertz CT molecular complexity index is 251. The molecule has 0 aliphatic rings. The van der Waals surface area contributed by atoms with E-state index in [1.54, 1.807) is 6.07 Å². The van der Waals surface area contributed by atoms with E-state index in [4.69, 9.17) is 5.73 Å². The summed E-state index contributed by atoms with van der Waals surface area (Å²) < 4.78 is 30.4. The Morgan fingerprint density at radius 3 is 2.38 bits per heavy atom. The molecule has 0 heterocycles. The van der Waals surface area contributed by atoms with Gasteiger partial charge in [-0.25, -0.2) is 0 Å². The van der Waals surface area contributed by atoms with E-state index in [2.05, 4.69) is 4.74 Å². The number of rotatable bonds is 4. The first-order valence-electron chi connectivity index (χ1n) is 3.94. The highest BCUT2D eigenvalue weighted by molar-refractivity contribution is 5.17. The third kappa shape index (κ3) is 2.75. The van der Waals surface area contributed by atoms with Crippen molar-refractivity contribution in [3.05, 3.63) is 35.9 Å². The lowest BCUT2D eigenvalue weighted by Gasteiger charge is -2.16. The predicted molar refractivity (Wildman–Crippen MR) is 45.3 cm³/mol. The number of benzene rings is 1. The average molecular weight is 187 g/mol. The highest BCUT2D eigenvalue weighted by Crippen LogP contribution is 2.28. The summed E-state index contributed by atoms with van der Waals surface area (Å²) in [5, 5.41) is 0. The smallest absolute Gasteiger partial charge is 0.328 e. The van der Waals surface area contributed by atoms with Crippen LogP contribution in [0.1, 0.15) is 5.56 Å². The van der Waals surface area contributed by atoms with Crippen LogP contribution in [0, 0.1) is 0 Å². The molecule has 0 aromatic heterocycles. The van der Waals surface area contributed by atoms with Crippen molar-refractivity contribution in [3.63, 3.8) is 0 Å². The van der Waals surface area contributed by atoms with E-state index in [0.717, 1.165) is 0 Å². The van der Waals surface area contributed by atoms with Crippen LogP contribution in [0.15, 0.2) is 30.3 Å². The fraction of sp³-hybridized carbons (Fsp3) is 0.333. The Morgan fingerprint density at radius 2 is 1.85 bits per heavy atom. The zero-order valence-electron chi connectivity index (χ0n) is 7.04. The van der Waals surface area contributed by atoms with Crippen molar-refractivity contribution in [2.75, 3.05) is 13.2 Å². The minimum atomic E-state index is -3.24. The summed E-state index contributed by atoms with van der Waals surface area (Å²) in [5.74, 6) is 0. The second kappa shape index (κ2) is 4.30.